The lowest BCUT2D eigenvalue weighted by Gasteiger charge is -2.12. The molecule has 2 aromatic heterocycles. The van der Waals surface area contributed by atoms with E-state index in [2.05, 4.69) is 15.3 Å². The van der Waals surface area contributed by atoms with Crippen molar-refractivity contribution in [3.05, 3.63) is 77.5 Å². The van der Waals surface area contributed by atoms with Crippen molar-refractivity contribution in [3.63, 3.8) is 0 Å². The number of hydrogen-bond acceptors (Lipinski definition) is 5. The lowest BCUT2D eigenvalue weighted by molar-refractivity contribution is 0.586. The molecule has 4 aromatic rings. The van der Waals surface area contributed by atoms with Crippen LogP contribution >= 0.6 is 22.9 Å². The lowest BCUT2D eigenvalue weighted by Crippen LogP contribution is -2.31. The Labute approximate surface area is 171 Å². The first-order chi connectivity index (χ1) is 13.6. The Morgan fingerprint density at radius 3 is 2.68 bits per heavy atom. The normalized spacial score (nSPS) is 12.2. The van der Waals surface area contributed by atoms with Crippen LogP contribution in [0.5, 0.6) is 0 Å². The number of thiazole rings is 1. The average Bonchev–Trinajstić information content (AvgIpc) is 3.17. The van der Waals surface area contributed by atoms with Crippen LogP contribution in [0.4, 0.5) is 9.52 Å². The van der Waals surface area contributed by atoms with E-state index in [0.717, 1.165) is 43.4 Å². The molecule has 0 radical (unpaired) electrons. The first-order valence-corrected chi connectivity index (χ1v) is 10.0. The summed E-state index contributed by atoms with van der Waals surface area (Å²) in [4.78, 5) is 9.12. The molecule has 2 aromatic carbocycles. The summed E-state index contributed by atoms with van der Waals surface area (Å²) in [5, 5.41) is 6.55. The molecule has 1 atom stereocenters. The number of nitrogens with zero attached hydrogens (tertiary/aromatic N) is 2. The molecule has 0 aliphatic heterocycles. The summed E-state index contributed by atoms with van der Waals surface area (Å²) < 4.78 is 13.4. The second kappa shape index (κ2) is 8.22. The van der Waals surface area contributed by atoms with Crippen molar-refractivity contribution in [1.29, 1.82) is 0 Å². The van der Waals surface area contributed by atoms with Gasteiger partial charge in [-0.05, 0) is 41.1 Å². The Bertz CT molecular complexity index is 1100. The predicted molar refractivity (Wildman–Crippen MR) is 114 cm³/mol. The number of rotatable bonds is 6. The van der Waals surface area contributed by atoms with Gasteiger partial charge in [-0.1, -0.05) is 47.2 Å². The number of hydrogen-bond donors (Lipinski definition) is 2. The molecule has 142 valence electrons. The van der Waals surface area contributed by atoms with Crippen molar-refractivity contribution in [2.75, 3.05) is 11.9 Å². The van der Waals surface area contributed by atoms with E-state index in [0.29, 0.717) is 6.54 Å². The Morgan fingerprint density at radius 1 is 1.04 bits per heavy atom. The summed E-state index contributed by atoms with van der Waals surface area (Å²) in [6.07, 6.45) is 4.11. The molecule has 0 amide bonds. The molecule has 0 aliphatic carbocycles. The largest absolute Gasteiger partial charge is 0.360 e. The zero-order chi connectivity index (χ0) is 19.5. The minimum atomic E-state index is -0.481. The van der Waals surface area contributed by atoms with Crippen molar-refractivity contribution in [3.8, 4) is 10.4 Å². The van der Waals surface area contributed by atoms with Crippen molar-refractivity contribution in [2.24, 2.45) is 5.73 Å². The standard InChI is InChI=1S/C21H18ClFN4S/c22-17-5-1-13(2-6-17)7-18(24)11-26-21-27-12-19(28-21)14-3-4-15-10-25-20(23)9-16(15)8-14/h1-6,8-10,12,18H,7,11,24H2,(H,26,27)/t18-/m0/s1. The highest BCUT2D eigenvalue weighted by atomic mass is 35.5. The third-order valence-corrected chi connectivity index (χ3v) is 5.66. The highest BCUT2D eigenvalue weighted by molar-refractivity contribution is 7.18. The van der Waals surface area contributed by atoms with E-state index >= 15 is 0 Å². The summed E-state index contributed by atoms with van der Waals surface area (Å²) in [7, 11) is 0. The molecule has 3 N–H and O–H groups in total. The maximum absolute atomic E-state index is 13.4. The minimum Gasteiger partial charge on any atom is -0.360 e. The van der Waals surface area contributed by atoms with Crippen molar-refractivity contribution >= 4 is 38.8 Å². The summed E-state index contributed by atoms with van der Waals surface area (Å²) in [5.74, 6) is -0.481. The van der Waals surface area contributed by atoms with Crippen LogP contribution in [0.2, 0.25) is 5.02 Å². The van der Waals surface area contributed by atoms with Gasteiger partial charge in [0.25, 0.3) is 0 Å². The Morgan fingerprint density at radius 2 is 1.86 bits per heavy atom. The molecule has 4 rings (SSSR count). The lowest BCUT2D eigenvalue weighted by atomic mass is 10.1. The molecular weight excluding hydrogens is 395 g/mol. The summed E-state index contributed by atoms with van der Waals surface area (Å²) in [6.45, 7) is 0.615. The van der Waals surface area contributed by atoms with Gasteiger partial charge in [-0.3, -0.25) is 0 Å². The number of nitrogens with two attached hydrogens (primary N) is 1. The van der Waals surface area contributed by atoms with Crippen LogP contribution in [0.15, 0.2) is 60.9 Å². The molecule has 2 heterocycles. The van der Waals surface area contributed by atoms with E-state index < -0.39 is 5.95 Å². The molecule has 0 spiro atoms. The highest BCUT2D eigenvalue weighted by Crippen LogP contribution is 2.31. The Hall–Kier alpha value is -2.54. The maximum atomic E-state index is 13.4. The third kappa shape index (κ3) is 4.47. The van der Waals surface area contributed by atoms with Crippen LogP contribution in [0.25, 0.3) is 21.2 Å². The molecule has 28 heavy (non-hydrogen) atoms. The number of aromatic nitrogens is 2. The van der Waals surface area contributed by atoms with Crippen molar-refractivity contribution < 1.29 is 4.39 Å². The van der Waals surface area contributed by atoms with Gasteiger partial charge in [0.2, 0.25) is 5.95 Å². The van der Waals surface area contributed by atoms with Gasteiger partial charge in [0.05, 0.1) is 4.88 Å². The number of benzene rings is 2. The number of nitrogens with one attached hydrogen (secondary N) is 1. The molecule has 0 unspecified atom stereocenters. The molecule has 0 saturated heterocycles. The Balaban J connectivity index is 1.40. The topological polar surface area (TPSA) is 63.8 Å². The number of fused-ring (bicyclic) bond motifs is 1. The van der Waals surface area contributed by atoms with Gasteiger partial charge in [0.15, 0.2) is 5.13 Å². The van der Waals surface area contributed by atoms with Crippen LogP contribution in [0.3, 0.4) is 0 Å². The van der Waals surface area contributed by atoms with Crippen molar-refractivity contribution in [2.45, 2.75) is 12.5 Å². The van der Waals surface area contributed by atoms with E-state index in [1.807, 2.05) is 48.7 Å². The van der Waals surface area contributed by atoms with Crippen LogP contribution in [-0.4, -0.2) is 22.6 Å². The molecule has 7 heteroatoms. The van der Waals surface area contributed by atoms with Gasteiger partial charge in [0.1, 0.15) is 0 Å². The van der Waals surface area contributed by atoms with Crippen LogP contribution < -0.4 is 11.1 Å². The maximum Gasteiger partial charge on any atom is 0.213 e. The fourth-order valence-electron chi connectivity index (χ4n) is 2.97. The fourth-order valence-corrected chi connectivity index (χ4v) is 3.92. The van der Waals surface area contributed by atoms with Crippen LogP contribution in [-0.2, 0) is 6.42 Å². The van der Waals surface area contributed by atoms with Gasteiger partial charge < -0.3 is 11.1 Å². The molecular formula is C21H18ClFN4S. The summed E-state index contributed by atoms with van der Waals surface area (Å²) in [6, 6.07) is 15.0. The van der Waals surface area contributed by atoms with Crippen LogP contribution in [0, 0.1) is 5.95 Å². The van der Waals surface area contributed by atoms with Gasteiger partial charge >= 0.3 is 0 Å². The van der Waals surface area contributed by atoms with E-state index in [9.17, 15) is 4.39 Å². The predicted octanol–water partition coefficient (Wildman–Crippen LogP) is 5.13. The molecule has 0 bridgehead atoms. The number of halogens is 2. The summed E-state index contributed by atoms with van der Waals surface area (Å²) >= 11 is 7.45. The summed E-state index contributed by atoms with van der Waals surface area (Å²) in [5.41, 5.74) is 8.37. The smallest absolute Gasteiger partial charge is 0.213 e. The molecule has 0 fully saturated rings. The van der Waals surface area contributed by atoms with Crippen molar-refractivity contribution in [1.82, 2.24) is 9.97 Å². The van der Waals surface area contributed by atoms with E-state index in [-0.39, 0.29) is 6.04 Å². The fraction of sp³-hybridized carbons (Fsp3) is 0.143. The Kier molecular flexibility index (Phi) is 5.52. The highest BCUT2D eigenvalue weighted by Gasteiger charge is 2.09. The first-order valence-electron chi connectivity index (χ1n) is 8.82. The zero-order valence-electron chi connectivity index (χ0n) is 14.9. The van der Waals surface area contributed by atoms with E-state index in [4.69, 9.17) is 17.3 Å². The van der Waals surface area contributed by atoms with Gasteiger partial charge in [-0.15, -0.1) is 0 Å². The first kappa shape index (κ1) is 18.8. The van der Waals surface area contributed by atoms with E-state index in [1.165, 1.54) is 12.3 Å². The van der Waals surface area contributed by atoms with Crippen LogP contribution in [0.1, 0.15) is 5.56 Å². The van der Waals surface area contributed by atoms with E-state index in [1.54, 1.807) is 11.3 Å². The average molecular weight is 413 g/mol. The monoisotopic (exact) mass is 412 g/mol. The molecule has 0 aliphatic rings. The second-order valence-corrected chi connectivity index (χ2v) is 8.04. The zero-order valence-corrected chi connectivity index (χ0v) is 16.5. The second-order valence-electron chi connectivity index (χ2n) is 6.57. The number of anilines is 1. The SMILES string of the molecule is N[C@H](CNc1ncc(-c2ccc3cnc(F)cc3c2)s1)Cc1ccc(Cl)cc1. The minimum absolute atomic E-state index is 0.0373. The third-order valence-electron chi connectivity index (χ3n) is 4.41. The van der Waals surface area contributed by atoms with Gasteiger partial charge in [-0.25, -0.2) is 9.97 Å². The number of pyridine rings is 1. The molecule has 0 saturated carbocycles. The van der Waals surface area contributed by atoms with Gasteiger partial charge in [-0.2, -0.15) is 4.39 Å². The quantitative estimate of drug-likeness (QED) is 0.431. The van der Waals surface area contributed by atoms with Gasteiger partial charge in [0, 0.05) is 41.5 Å². The molecule has 4 nitrogen and oxygen atoms in total.